The number of halogens is 1. The van der Waals surface area contributed by atoms with Crippen LogP contribution in [-0.4, -0.2) is 15.8 Å². The minimum atomic E-state index is -0.681. The Kier molecular flexibility index (Phi) is 4.34. The average Bonchev–Trinajstić information content (AvgIpc) is 2.48. The number of benzene rings is 1. The van der Waals surface area contributed by atoms with Crippen LogP contribution in [0.25, 0.3) is 0 Å². The SMILES string of the molecule is Nc1c(Cl)cc(C(=O)NCc2cccnc2)cc1[N+](=O)[O-]. The Morgan fingerprint density at radius 3 is 2.86 bits per heavy atom. The van der Waals surface area contributed by atoms with Gasteiger partial charge in [0.25, 0.3) is 11.6 Å². The van der Waals surface area contributed by atoms with Crippen molar-refractivity contribution < 1.29 is 9.72 Å². The molecule has 0 saturated heterocycles. The van der Waals surface area contributed by atoms with Crippen molar-refractivity contribution in [3.05, 3.63) is 62.9 Å². The fourth-order valence-corrected chi connectivity index (χ4v) is 1.89. The molecule has 0 atom stereocenters. The molecule has 1 aromatic heterocycles. The van der Waals surface area contributed by atoms with E-state index in [9.17, 15) is 14.9 Å². The number of nitrogens with one attached hydrogen (secondary N) is 1. The van der Waals surface area contributed by atoms with Gasteiger partial charge >= 0.3 is 0 Å². The predicted molar refractivity (Wildman–Crippen MR) is 77.9 cm³/mol. The molecule has 0 spiro atoms. The lowest BCUT2D eigenvalue weighted by molar-refractivity contribution is -0.383. The van der Waals surface area contributed by atoms with Gasteiger partial charge in [-0.15, -0.1) is 0 Å². The first-order valence-electron chi connectivity index (χ1n) is 5.89. The van der Waals surface area contributed by atoms with Crippen LogP contribution in [0.5, 0.6) is 0 Å². The number of carbonyl (C=O) groups is 1. The monoisotopic (exact) mass is 306 g/mol. The molecule has 1 amide bonds. The molecule has 0 radical (unpaired) electrons. The normalized spacial score (nSPS) is 10.1. The van der Waals surface area contributed by atoms with Crippen LogP contribution in [0.3, 0.4) is 0 Å². The van der Waals surface area contributed by atoms with Gasteiger partial charge in [-0.05, 0) is 17.7 Å². The van der Waals surface area contributed by atoms with Crippen molar-refractivity contribution in [2.45, 2.75) is 6.54 Å². The molecule has 2 aromatic rings. The maximum atomic E-state index is 12.0. The van der Waals surface area contributed by atoms with Crippen molar-refractivity contribution in [2.24, 2.45) is 0 Å². The molecular weight excluding hydrogens is 296 g/mol. The third kappa shape index (κ3) is 3.46. The quantitative estimate of drug-likeness (QED) is 0.511. The molecule has 7 nitrogen and oxygen atoms in total. The molecule has 0 bridgehead atoms. The van der Waals surface area contributed by atoms with E-state index in [2.05, 4.69) is 10.3 Å². The predicted octanol–water partition coefficient (Wildman–Crippen LogP) is 2.16. The van der Waals surface area contributed by atoms with Crippen LogP contribution in [-0.2, 0) is 6.54 Å². The van der Waals surface area contributed by atoms with Gasteiger partial charge in [-0.1, -0.05) is 17.7 Å². The number of anilines is 1. The number of nitro benzene ring substituents is 1. The van der Waals surface area contributed by atoms with Gasteiger partial charge < -0.3 is 11.1 Å². The number of aromatic nitrogens is 1. The smallest absolute Gasteiger partial charge is 0.294 e. The highest BCUT2D eigenvalue weighted by atomic mass is 35.5. The van der Waals surface area contributed by atoms with Crippen molar-refractivity contribution in [1.29, 1.82) is 0 Å². The molecule has 108 valence electrons. The molecule has 0 fully saturated rings. The van der Waals surface area contributed by atoms with Crippen molar-refractivity contribution in [2.75, 3.05) is 5.73 Å². The van der Waals surface area contributed by atoms with E-state index >= 15 is 0 Å². The molecule has 0 aliphatic heterocycles. The number of nitro groups is 1. The van der Waals surface area contributed by atoms with Crippen molar-refractivity contribution in [1.82, 2.24) is 10.3 Å². The van der Waals surface area contributed by atoms with Crippen LogP contribution >= 0.6 is 11.6 Å². The van der Waals surface area contributed by atoms with Crippen LogP contribution < -0.4 is 11.1 Å². The average molecular weight is 307 g/mol. The van der Waals surface area contributed by atoms with E-state index in [-0.39, 0.29) is 22.8 Å². The molecule has 2 rings (SSSR count). The van der Waals surface area contributed by atoms with E-state index in [1.807, 2.05) is 0 Å². The van der Waals surface area contributed by atoms with E-state index in [0.29, 0.717) is 0 Å². The largest absolute Gasteiger partial charge is 0.392 e. The second kappa shape index (κ2) is 6.19. The molecule has 3 N–H and O–H groups in total. The van der Waals surface area contributed by atoms with Crippen LogP contribution in [0.2, 0.25) is 5.02 Å². The van der Waals surface area contributed by atoms with Gasteiger partial charge in [-0.3, -0.25) is 19.9 Å². The molecule has 0 aliphatic rings. The Labute approximate surface area is 124 Å². The van der Waals surface area contributed by atoms with E-state index < -0.39 is 16.5 Å². The number of nitrogens with two attached hydrogens (primary N) is 1. The molecule has 8 heteroatoms. The minimum absolute atomic E-state index is 0.0317. The second-order valence-corrected chi connectivity index (χ2v) is 4.60. The summed E-state index contributed by atoms with van der Waals surface area (Å²) in [5.74, 6) is -0.483. The van der Waals surface area contributed by atoms with Crippen molar-refractivity contribution >= 4 is 28.9 Å². The summed E-state index contributed by atoms with van der Waals surface area (Å²) in [6.45, 7) is 0.252. The summed E-state index contributed by atoms with van der Waals surface area (Å²) in [5, 5.41) is 13.5. The summed E-state index contributed by atoms with van der Waals surface area (Å²) in [6, 6.07) is 5.93. The van der Waals surface area contributed by atoms with Crippen molar-refractivity contribution in [3.63, 3.8) is 0 Å². The molecule has 1 aromatic carbocycles. The Bertz CT molecular complexity index is 691. The third-order valence-electron chi connectivity index (χ3n) is 2.74. The van der Waals surface area contributed by atoms with Crippen molar-refractivity contribution in [3.8, 4) is 0 Å². The Morgan fingerprint density at radius 1 is 1.48 bits per heavy atom. The lowest BCUT2D eigenvalue weighted by atomic mass is 10.1. The van der Waals surface area contributed by atoms with Gasteiger partial charge in [0.2, 0.25) is 0 Å². The molecule has 0 saturated carbocycles. The number of carbonyl (C=O) groups excluding carboxylic acids is 1. The summed E-state index contributed by atoms with van der Waals surface area (Å²) in [6.07, 6.45) is 3.23. The molecule has 1 heterocycles. The third-order valence-corrected chi connectivity index (χ3v) is 3.06. The van der Waals surface area contributed by atoms with Gasteiger partial charge in [-0.25, -0.2) is 0 Å². The maximum Gasteiger partial charge on any atom is 0.294 e. The number of hydrogen-bond donors (Lipinski definition) is 2. The van der Waals surface area contributed by atoms with E-state index in [4.69, 9.17) is 17.3 Å². The zero-order chi connectivity index (χ0) is 15.4. The van der Waals surface area contributed by atoms with Gasteiger partial charge in [0, 0.05) is 30.6 Å². The number of pyridine rings is 1. The molecule has 21 heavy (non-hydrogen) atoms. The first-order chi connectivity index (χ1) is 9.99. The molecule has 0 aliphatic carbocycles. The summed E-state index contributed by atoms with van der Waals surface area (Å²) < 4.78 is 0. The highest BCUT2D eigenvalue weighted by Crippen LogP contribution is 2.30. The standard InChI is InChI=1S/C13H11ClN4O3/c14-10-4-9(5-11(12(10)15)18(20)21)13(19)17-7-8-2-1-3-16-6-8/h1-6H,7,15H2,(H,17,19). The highest BCUT2D eigenvalue weighted by Gasteiger charge is 2.19. The van der Waals surface area contributed by atoms with E-state index in [1.165, 1.54) is 6.07 Å². The summed E-state index contributed by atoms with van der Waals surface area (Å²) >= 11 is 5.80. The van der Waals surface area contributed by atoms with Gasteiger partial charge in [-0.2, -0.15) is 0 Å². The van der Waals surface area contributed by atoms with Gasteiger partial charge in [0.1, 0.15) is 5.69 Å². The highest BCUT2D eigenvalue weighted by molar-refractivity contribution is 6.34. The number of hydrogen-bond acceptors (Lipinski definition) is 5. The number of nitrogen functional groups attached to an aromatic ring is 1. The van der Waals surface area contributed by atoms with E-state index in [0.717, 1.165) is 11.6 Å². The van der Waals surface area contributed by atoms with Crippen LogP contribution in [0, 0.1) is 10.1 Å². The summed E-state index contributed by atoms with van der Waals surface area (Å²) in [7, 11) is 0. The Hall–Kier alpha value is -2.67. The first-order valence-corrected chi connectivity index (χ1v) is 6.27. The minimum Gasteiger partial charge on any atom is -0.392 e. The summed E-state index contributed by atoms with van der Waals surface area (Å²) in [5.41, 5.74) is 5.83. The number of rotatable bonds is 4. The lowest BCUT2D eigenvalue weighted by Gasteiger charge is -2.07. The zero-order valence-corrected chi connectivity index (χ0v) is 11.5. The molecular formula is C13H11ClN4O3. The number of nitrogens with zero attached hydrogens (tertiary/aromatic N) is 2. The lowest BCUT2D eigenvalue weighted by Crippen LogP contribution is -2.23. The van der Waals surface area contributed by atoms with Gasteiger partial charge in [0.15, 0.2) is 0 Å². The summed E-state index contributed by atoms with van der Waals surface area (Å²) in [4.78, 5) is 26.1. The first kappa shape index (κ1) is 14.7. The Balaban J connectivity index is 2.18. The topological polar surface area (TPSA) is 111 Å². The molecule has 0 unspecified atom stereocenters. The van der Waals surface area contributed by atoms with E-state index in [1.54, 1.807) is 24.5 Å². The zero-order valence-electron chi connectivity index (χ0n) is 10.7. The van der Waals surface area contributed by atoms with Crippen LogP contribution in [0.4, 0.5) is 11.4 Å². The fourth-order valence-electron chi connectivity index (χ4n) is 1.67. The number of amides is 1. The second-order valence-electron chi connectivity index (χ2n) is 4.19. The maximum absolute atomic E-state index is 12.0. The Morgan fingerprint density at radius 2 is 2.24 bits per heavy atom. The van der Waals surface area contributed by atoms with Crippen LogP contribution in [0.15, 0.2) is 36.7 Å². The van der Waals surface area contributed by atoms with Gasteiger partial charge in [0.05, 0.1) is 9.95 Å². The van der Waals surface area contributed by atoms with Crippen LogP contribution in [0.1, 0.15) is 15.9 Å². The fraction of sp³-hybridized carbons (Fsp3) is 0.0769.